The largest absolute Gasteiger partial charge is 0.338 e. The highest BCUT2D eigenvalue weighted by Gasteiger charge is 2.13. The first-order chi connectivity index (χ1) is 9.70. The Hall–Kier alpha value is -1.66. The summed E-state index contributed by atoms with van der Waals surface area (Å²) in [7, 11) is 0. The fraction of sp³-hybridized carbons (Fsp3) is 0.286. The number of halogens is 1. The molecule has 2 heterocycles. The molecule has 0 spiro atoms. The smallest absolute Gasteiger partial charge is 0.225 e. The lowest BCUT2D eigenvalue weighted by Crippen LogP contribution is -2.44. The van der Waals surface area contributed by atoms with E-state index in [9.17, 15) is 4.39 Å². The molecule has 0 bridgehead atoms. The Morgan fingerprint density at radius 2 is 2.00 bits per heavy atom. The van der Waals surface area contributed by atoms with Crippen molar-refractivity contribution in [1.29, 1.82) is 0 Å². The normalized spacial score (nSPS) is 16.1. The van der Waals surface area contributed by atoms with Gasteiger partial charge in [-0.3, -0.25) is 0 Å². The molecule has 20 heavy (non-hydrogen) atoms. The number of piperazine rings is 1. The minimum Gasteiger partial charge on any atom is -0.338 e. The van der Waals surface area contributed by atoms with Crippen molar-refractivity contribution in [3.8, 4) is 0 Å². The SMILES string of the molecule is C=C/C=C(/Sc1cnc(N2CCNCC2)nc1)C(=C)F. The number of rotatable bonds is 5. The van der Waals surface area contributed by atoms with Crippen LogP contribution in [0.15, 0.2) is 53.3 Å². The molecule has 1 N–H and O–H groups in total. The molecule has 0 aromatic carbocycles. The zero-order chi connectivity index (χ0) is 14.4. The van der Waals surface area contributed by atoms with Gasteiger partial charge in [0.15, 0.2) is 0 Å². The van der Waals surface area contributed by atoms with Crippen LogP contribution in [-0.4, -0.2) is 36.1 Å². The first kappa shape index (κ1) is 14.7. The summed E-state index contributed by atoms with van der Waals surface area (Å²) >= 11 is 1.24. The molecule has 1 fully saturated rings. The third-order valence-electron chi connectivity index (χ3n) is 2.78. The van der Waals surface area contributed by atoms with Gasteiger partial charge >= 0.3 is 0 Å². The first-order valence-corrected chi connectivity index (χ1v) is 7.15. The Morgan fingerprint density at radius 3 is 2.55 bits per heavy atom. The number of hydrogen-bond acceptors (Lipinski definition) is 5. The Morgan fingerprint density at radius 1 is 1.35 bits per heavy atom. The summed E-state index contributed by atoms with van der Waals surface area (Å²) in [5.74, 6) is 0.227. The molecule has 1 aromatic rings. The average molecular weight is 292 g/mol. The van der Waals surface area contributed by atoms with Crippen LogP contribution in [0, 0.1) is 0 Å². The molecule has 0 amide bonds. The van der Waals surface area contributed by atoms with Gasteiger partial charge in [0.25, 0.3) is 0 Å². The van der Waals surface area contributed by atoms with E-state index in [1.807, 2.05) is 0 Å². The second-order valence-corrected chi connectivity index (χ2v) is 5.34. The van der Waals surface area contributed by atoms with Gasteiger partial charge in [0.1, 0.15) is 5.83 Å². The predicted molar refractivity (Wildman–Crippen MR) is 81.5 cm³/mol. The van der Waals surface area contributed by atoms with Crippen LogP contribution >= 0.6 is 11.8 Å². The molecule has 2 rings (SSSR count). The molecule has 1 aliphatic rings. The Labute approximate surface area is 122 Å². The van der Waals surface area contributed by atoms with Crippen molar-refractivity contribution in [3.63, 3.8) is 0 Å². The van der Waals surface area contributed by atoms with Gasteiger partial charge in [-0.15, -0.1) is 0 Å². The molecule has 0 unspecified atom stereocenters. The molecule has 0 atom stereocenters. The van der Waals surface area contributed by atoms with Crippen LogP contribution in [0.1, 0.15) is 0 Å². The van der Waals surface area contributed by atoms with Crippen LogP contribution in [0.4, 0.5) is 10.3 Å². The van der Waals surface area contributed by atoms with E-state index in [-0.39, 0.29) is 0 Å². The highest BCUT2D eigenvalue weighted by atomic mass is 32.2. The molecular weight excluding hydrogens is 275 g/mol. The van der Waals surface area contributed by atoms with E-state index >= 15 is 0 Å². The van der Waals surface area contributed by atoms with Crippen molar-refractivity contribution in [3.05, 3.63) is 48.4 Å². The van der Waals surface area contributed by atoms with Gasteiger partial charge in [-0.05, 0) is 6.08 Å². The van der Waals surface area contributed by atoms with Gasteiger partial charge in [0, 0.05) is 48.4 Å². The summed E-state index contributed by atoms with van der Waals surface area (Å²) in [4.78, 5) is 12.0. The highest BCUT2D eigenvalue weighted by Crippen LogP contribution is 2.31. The zero-order valence-corrected chi connectivity index (χ0v) is 12.0. The van der Waals surface area contributed by atoms with E-state index < -0.39 is 5.83 Å². The van der Waals surface area contributed by atoms with Gasteiger partial charge in [-0.2, -0.15) is 0 Å². The van der Waals surface area contributed by atoms with Crippen molar-refractivity contribution in [2.24, 2.45) is 0 Å². The standard InChI is InChI=1S/C14H17FN4S/c1-3-4-13(11(2)15)20-12-9-17-14(18-10-12)19-7-5-16-6-8-19/h3-4,9-10,16H,1-2,5-8H2/b13-4+. The Balaban J connectivity index is 2.05. The van der Waals surface area contributed by atoms with Crippen LogP contribution < -0.4 is 10.2 Å². The average Bonchev–Trinajstić information content (AvgIpc) is 2.48. The second kappa shape index (κ2) is 7.21. The number of aromatic nitrogens is 2. The monoisotopic (exact) mass is 292 g/mol. The van der Waals surface area contributed by atoms with Gasteiger partial charge in [-0.25, -0.2) is 14.4 Å². The number of nitrogens with zero attached hydrogens (tertiary/aromatic N) is 3. The lowest BCUT2D eigenvalue weighted by molar-refractivity contribution is 0.579. The minimum atomic E-state index is -0.485. The summed E-state index contributed by atoms with van der Waals surface area (Å²) in [5, 5.41) is 3.28. The lowest BCUT2D eigenvalue weighted by atomic mass is 10.4. The van der Waals surface area contributed by atoms with Crippen molar-refractivity contribution in [2.75, 3.05) is 31.1 Å². The minimum absolute atomic E-state index is 0.415. The molecule has 1 aliphatic heterocycles. The number of allylic oxidation sites excluding steroid dienone is 3. The summed E-state index contributed by atoms with van der Waals surface area (Å²) in [6.07, 6.45) is 6.52. The third kappa shape index (κ3) is 3.91. The van der Waals surface area contributed by atoms with Crippen LogP contribution in [-0.2, 0) is 0 Å². The molecule has 0 saturated carbocycles. The van der Waals surface area contributed by atoms with E-state index in [0.717, 1.165) is 31.1 Å². The van der Waals surface area contributed by atoms with Gasteiger partial charge in [0.05, 0.1) is 0 Å². The first-order valence-electron chi connectivity index (χ1n) is 6.34. The summed E-state index contributed by atoms with van der Waals surface area (Å²) < 4.78 is 13.2. The van der Waals surface area contributed by atoms with E-state index in [0.29, 0.717) is 10.9 Å². The number of nitrogens with one attached hydrogen (secondary N) is 1. The zero-order valence-electron chi connectivity index (χ0n) is 11.2. The molecule has 0 aliphatic carbocycles. The van der Waals surface area contributed by atoms with Crippen molar-refractivity contribution < 1.29 is 4.39 Å². The molecule has 6 heteroatoms. The van der Waals surface area contributed by atoms with E-state index in [4.69, 9.17) is 0 Å². The Bertz CT molecular complexity index is 506. The van der Waals surface area contributed by atoms with Gasteiger partial charge < -0.3 is 10.2 Å². The second-order valence-electron chi connectivity index (χ2n) is 4.23. The predicted octanol–water partition coefficient (Wildman–Crippen LogP) is 2.53. The number of thioether (sulfide) groups is 1. The topological polar surface area (TPSA) is 41.1 Å². The molecule has 4 nitrogen and oxygen atoms in total. The van der Waals surface area contributed by atoms with Crippen molar-refractivity contribution in [2.45, 2.75) is 4.90 Å². The number of anilines is 1. The summed E-state index contributed by atoms with van der Waals surface area (Å²) in [6.45, 7) is 10.5. The molecule has 0 radical (unpaired) electrons. The molecule has 106 valence electrons. The van der Waals surface area contributed by atoms with Gasteiger partial charge in [0.2, 0.25) is 5.95 Å². The van der Waals surface area contributed by atoms with Gasteiger partial charge in [-0.1, -0.05) is 31.0 Å². The maximum absolute atomic E-state index is 13.2. The maximum Gasteiger partial charge on any atom is 0.225 e. The fourth-order valence-corrected chi connectivity index (χ4v) is 2.54. The lowest BCUT2D eigenvalue weighted by Gasteiger charge is -2.27. The summed E-state index contributed by atoms with van der Waals surface area (Å²) in [6, 6.07) is 0. The Kier molecular flexibility index (Phi) is 5.31. The van der Waals surface area contributed by atoms with Crippen LogP contribution in [0.3, 0.4) is 0 Å². The van der Waals surface area contributed by atoms with Crippen LogP contribution in [0.2, 0.25) is 0 Å². The highest BCUT2D eigenvalue weighted by molar-refractivity contribution is 8.03. The van der Waals surface area contributed by atoms with E-state index in [2.05, 4.69) is 33.3 Å². The summed E-state index contributed by atoms with van der Waals surface area (Å²) in [5.41, 5.74) is 0. The third-order valence-corrected chi connectivity index (χ3v) is 3.80. The van der Waals surface area contributed by atoms with Crippen LogP contribution in [0.25, 0.3) is 0 Å². The number of hydrogen-bond donors (Lipinski definition) is 1. The molecular formula is C14H17FN4S. The molecule has 1 aromatic heterocycles. The van der Waals surface area contributed by atoms with E-state index in [1.54, 1.807) is 18.5 Å². The quantitative estimate of drug-likeness (QED) is 0.667. The molecule has 1 saturated heterocycles. The fourth-order valence-electron chi connectivity index (χ4n) is 1.80. The maximum atomic E-state index is 13.2. The van der Waals surface area contributed by atoms with Crippen molar-refractivity contribution >= 4 is 17.7 Å². The van der Waals surface area contributed by atoms with E-state index in [1.165, 1.54) is 17.8 Å². The van der Waals surface area contributed by atoms with Crippen LogP contribution in [0.5, 0.6) is 0 Å². The van der Waals surface area contributed by atoms with Crippen molar-refractivity contribution in [1.82, 2.24) is 15.3 Å².